The zero-order valence-corrected chi connectivity index (χ0v) is 16.8. The molecule has 0 spiro atoms. The summed E-state index contributed by atoms with van der Waals surface area (Å²) in [6.07, 6.45) is 0.680. The summed E-state index contributed by atoms with van der Waals surface area (Å²) in [7, 11) is 0. The Hall–Kier alpha value is -2.63. The van der Waals surface area contributed by atoms with Gasteiger partial charge < -0.3 is 15.4 Å². The van der Waals surface area contributed by atoms with Gasteiger partial charge in [-0.25, -0.2) is 4.79 Å². The molecule has 6 heteroatoms. The summed E-state index contributed by atoms with van der Waals surface area (Å²) in [6, 6.07) is 24.9. The highest BCUT2D eigenvalue weighted by Gasteiger charge is 2.07. The fourth-order valence-electron chi connectivity index (χ4n) is 2.46. The van der Waals surface area contributed by atoms with Crippen molar-refractivity contribution in [2.75, 3.05) is 18.5 Å². The highest BCUT2D eigenvalue weighted by atomic mass is 35.5. The Morgan fingerprint density at radius 3 is 2.46 bits per heavy atom. The van der Waals surface area contributed by atoms with E-state index in [2.05, 4.69) is 10.6 Å². The zero-order valence-electron chi connectivity index (χ0n) is 15.2. The summed E-state index contributed by atoms with van der Waals surface area (Å²) in [5.74, 6) is 0.653. The average Bonchev–Trinajstić information content (AvgIpc) is 2.71. The lowest BCUT2D eigenvalue weighted by Crippen LogP contribution is -2.30. The van der Waals surface area contributed by atoms with Crippen LogP contribution in [0.4, 0.5) is 10.5 Å². The summed E-state index contributed by atoms with van der Waals surface area (Å²) >= 11 is 7.66. The highest BCUT2D eigenvalue weighted by molar-refractivity contribution is 7.99. The van der Waals surface area contributed by atoms with Gasteiger partial charge in [0.25, 0.3) is 0 Å². The van der Waals surface area contributed by atoms with E-state index in [1.165, 1.54) is 0 Å². The van der Waals surface area contributed by atoms with Crippen molar-refractivity contribution in [2.45, 2.75) is 16.2 Å². The number of halogens is 1. The average molecular weight is 413 g/mol. The maximum absolute atomic E-state index is 12.2. The van der Waals surface area contributed by atoms with Gasteiger partial charge in [-0.3, -0.25) is 0 Å². The molecule has 2 amide bonds. The summed E-state index contributed by atoms with van der Waals surface area (Å²) < 4.78 is 5.62. The molecule has 0 saturated heterocycles. The SMILES string of the molecule is O=C(NCCCOc1ccccc1Cl)Nc1ccccc1Sc1ccccc1. The number of hydrogen-bond acceptors (Lipinski definition) is 3. The number of hydrogen-bond donors (Lipinski definition) is 2. The summed E-state index contributed by atoms with van der Waals surface area (Å²) in [5.41, 5.74) is 0.779. The first kappa shape index (κ1) is 20.1. The number of amides is 2. The molecule has 0 atom stereocenters. The molecule has 144 valence electrons. The first-order chi connectivity index (χ1) is 13.7. The van der Waals surface area contributed by atoms with Crippen LogP contribution < -0.4 is 15.4 Å². The molecule has 4 nitrogen and oxygen atoms in total. The van der Waals surface area contributed by atoms with Crippen LogP contribution in [0.25, 0.3) is 0 Å². The Kier molecular flexibility index (Phi) is 7.64. The van der Waals surface area contributed by atoms with Crippen molar-refractivity contribution in [1.29, 1.82) is 0 Å². The van der Waals surface area contributed by atoms with Gasteiger partial charge in [-0.05, 0) is 42.8 Å². The lowest BCUT2D eigenvalue weighted by atomic mass is 10.3. The largest absolute Gasteiger partial charge is 0.492 e. The van der Waals surface area contributed by atoms with Gasteiger partial charge in [-0.2, -0.15) is 0 Å². The van der Waals surface area contributed by atoms with Gasteiger partial charge in [-0.15, -0.1) is 0 Å². The molecule has 0 fully saturated rings. The van der Waals surface area contributed by atoms with Gasteiger partial charge in [-0.1, -0.05) is 65.8 Å². The molecule has 0 heterocycles. The minimum atomic E-state index is -0.237. The molecule has 3 aromatic rings. The number of benzene rings is 3. The molecule has 0 radical (unpaired) electrons. The van der Waals surface area contributed by atoms with Crippen molar-refractivity contribution < 1.29 is 9.53 Å². The molecule has 0 unspecified atom stereocenters. The van der Waals surface area contributed by atoms with Crippen LogP contribution in [0.5, 0.6) is 5.75 Å². The summed E-state index contributed by atoms with van der Waals surface area (Å²) in [5, 5.41) is 6.35. The molecule has 28 heavy (non-hydrogen) atoms. The van der Waals surface area contributed by atoms with Crippen LogP contribution in [0, 0.1) is 0 Å². The van der Waals surface area contributed by atoms with Gasteiger partial charge >= 0.3 is 6.03 Å². The van der Waals surface area contributed by atoms with E-state index in [9.17, 15) is 4.79 Å². The Labute approximate surface area is 174 Å². The van der Waals surface area contributed by atoms with Crippen molar-refractivity contribution in [1.82, 2.24) is 5.32 Å². The van der Waals surface area contributed by atoms with Crippen LogP contribution in [0.2, 0.25) is 5.02 Å². The van der Waals surface area contributed by atoms with E-state index >= 15 is 0 Å². The number of ether oxygens (including phenoxy) is 1. The summed E-state index contributed by atoms with van der Waals surface area (Å²) in [6.45, 7) is 0.981. The summed E-state index contributed by atoms with van der Waals surface area (Å²) in [4.78, 5) is 14.3. The highest BCUT2D eigenvalue weighted by Crippen LogP contribution is 2.33. The smallest absolute Gasteiger partial charge is 0.319 e. The van der Waals surface area contributed by atoms with Gasteiger partial charge in [0.15, 0.2) is 0 Å². The number of para-hydroxylation sites is 2. The molecular weight excluding hydrogens is 392 g/mol. The van der Waals surface area contributed by atoms with E-state index in [-0.39, 0.29) is 6.03 Å². The first-order valence-electron chi connectivity index (χ1n) is 8.96. The van der Waals surface area contributed by atoms with Crippen molar-refractivity contribution in [2.24, 2.45) is 0 Å². The molecule has 0 aromatic heterocycles. The van der Waals surface area contributed by atoms with Gasteiger partial charge in [0.05, 0.1) is 17.3 Å². The van der Waals surface area contributed by atoms with Gasteiger partial charge in [0, 0.05) is 16.3 Å². The Balaban J connectivity index is 1.44. The van der Waals surface area contributed by atoms with Crippen molar-refractivity contribution >= 4 is 35.1 Å². The minimum Gasteiger partial charge on any atom is -0.492 e. The Bertz CT molecular complexity index is 906. The second-order valence-corrected chi connectivity index (χ2v) is 7.45. The lowest BCUT2D eigenvalue weighted by molar-refractivity contribution is 0.250. The van der Waals surface area contributed by atoms with E-state index in [1.54, 1.807) is 17.8 Å². The second-order valence-electron chi connectivity index (χ2n) is 5.92. The Morgan fingerprint density at radius 1 is 0.929 bits per heavy atom. The van der Waals surface area contributed by atoms with Crippen LogP contribution in [0.15, 0.2) is 88.7 Å². The normalized spacial score (nSPS) is 10.3. The minimum absolute atomic E-state index is 0.237. The third kappa shape index (κ3) is 6.22. The fourth-order valence-corrected chi connectivity index (χ4v) is 3.57. The van der Waals surface area contributed by atoms with E-state index in [0.29, 0.717) is 30.3 Å². The number of rotatable bonds is 8. The molecule has 0 saturated carbocycles. The predicted octanol–water partition coefficient (Wildman–Crippen LogP) is 6.08. The van der Waals surface area contributed by atoms with E-state index in [1.807, 2.05) is 72.8 Å². The van der Waals surface area contributed by atoms with Gasteiger partial charge in [0.1, 0.15) is 5.75 Å². The van der Waals surface area contributed by atoms with Crippen molar-refractivity contribution in [3.63, 3.8) is 0 Å². The third-order valence-electron chi connectivity index (χ3n) is 3.81. The molecule has 0 aliphatic rings. The van der Waals surface area contributed by atoms with Crippen LogP contribution >= 0.6 is 23.4 Å². The van der Waals surface area contributed by atoms with Crippen LogP contribution in [0.1, 0.15) is 6.42 Å². The van der Waals surface area contributed by atoms with Crippen molar-refractivity contribution in [3.05, 3.63) is 83.9 Å². The fraction of sp³-hybridized carbons (Fsp3) is 0.136. The molecule has 0 aliphatic carbocycles. The molecule has 0 bridgehead atoms. The number of carbonyl (C=O) groups excluding carboxylic acids is 1. The van der Waals surface area contributed by atoms with Crippen LogP contribution in [0.3, 0.4) is 0 Å². The van der Waals surface area contributed by atoms with Gasteiger partial charge in [0.2, 0.25) is 0 Å². The number of nitrogens with one attached hydrogen (secondary N) is 2. The predicted molar refractivity (Wildman–Crippen MR) is 116 cm³/mol. The third-order valence-corrected chi connectivity index (χ3v) is 5.20. The molecule has 2 N–H and O–H groups in total. The lowest BCUT2D eigenvalue weighted by Gasteiger charge is -2.12. The van der Waals surface area contributed by atoms with Crippen LogP contribution in [-0.2, 0) is 0 Å². The number of anilines is 1. The maximum atomic E-state index is 12.2. The molecule has 3 rings (SSSR count). The maximum Gasteiger partial charge on any atom is 0.319 e. The zero-order chi connectivity index (χ0) is 19.6. The topological polar surface area (TPSA) is 50.4 Å². The van der Waals surface area contributed by atoms with Crippen LogP contribution in [-0.4, -0.2) is 19.2 Å². The van der Waals surface area contributed by atoms with E-state index in [0.717, 1.165) is 15.5 Å². The first-order valence-corrected chi connectivity index (χ1v) is 10.2. The monoisotopic (exact) mass is 412 g/mol. The standard InChI is InChI=1S/C22H21ClN2O2S/c23-18-11-4-6-13-20(18)27-16-8-15-24-22(26)25-19-12-5-7-14-21(19)28-17-9-2-1-3-10-17/h1-7,9-14H,8,15-16H2,(H2,24,25,26). The number of urea groups is 1. The van der Waals surface area contributed by atoms with E-state index in [4.69, 9.17) is 16.3 Å². The molecule has 3 aromatic carbocycles. The van der Waals surface area contributed by atoms with Crippen molar-refractivity contribution in [3.8, 4) is 5.75 Å². The second kappa shape index (κ2) is 10.6. The quantitative estimate of drug-likeness (QED) is 0.440. The molecule has 0 aliphatic heterocycles. The molecular formula is C22H21ClN2O2S. The Morgan fingerprint density at radius 2 is 1.64 bits per heavy atom. The van der Waals surface area contributed by atoms with E-state index < -0.39 is 0 Å². The number of carbonyl (C=O) groups is 1.